The predicted molar refractivity (Wildman–Crippen MR) is 76.1 cm³/mol. The van der Waals surface area contributed by atoms with Gasteiger partial charge >= 0.3 is 0 Å². The van der Waals surface area contributed by atoms with Crippen LogP contribution in [-0.2, 0) is 0 Å². The molecule has 0 radical (unpaired) electrons. The van der Waals surface area contributed by atoms with Gasteiger partial charge in [-0.2, -0.15) is 4.39 Å². The van der Waals surface area contributed by atoms with Crippen molar-refractivity contribution in [2.45, 2.75) is 0 Å². The molecular formula is C14H10F3N5O. The highest BCUT2D eigenvalue weighted by Crippen LogP contribution is 2.30. The number of rotatable bonds is 2. The standard InChI is InChI=1S/C14H10F3N5O/c1-19-14(23)11-8-4-20-12(13(17)22(8)5-21-11)9-6(15)2-3-7(18)10(9)16/h2-5H,18H2,1H3,(H,19,23). The lowest BCUT2D eigenvalue weighted by Gasteiger charge is -2.09. The van der Waals surface area contributed by atoms with Gasteiger partial charge in [0.2, 0.25) is 5.95 Å². The number of carbonyl (C=O) groups excluding carboxylic acids is 1. The number of aromatic nitrogens is 3. The van der Waals surface area contributed by atoms with E-state index in [0.29, 0.717) is 0 Å². The summed E-state index contributed by atoms with van der Waals surface area (Å²) in [6, 6.07) is 1.95. The lowest BCUT2D eigenvalue weighted by Crippen LogP contribution is -2.18. The minimum atomic E-state index is -1.11. The normalized spacial score (nSPS) is 11.0. The summed E-state index contributed by atoms with van der Waals surface area (Å²) in [5.41, 5.74) is 3.81. The van der Waals surface area contributed by atoms with Gasteiger partial charge in [-0.3, -0.25) is 9.20 Å². The molecule has 0 aliphatic rings. The van der Waals surface area contributed by atoms with Crippen LogP contribution in [0.25, 0.3) is 16.8 Å². The monoisotopic (exact) mass is 321 g/mol. The van der Waals surface area contributed by atoms with Crippen molar-refractivity contribution in [2.75, 3.05) is 12.8 Å². The summed E-state index contributed by atoms with van der Waals surface area (Å²) in [4.78, 5) is 19.2. The van der Waals surface area contributed by atoms with E-state index in [4.69, 9.17) is 5.73 Å². The Labute approximate surface area is 127 Å². The van der Waals surface area contributed by atoms with E-state index < -0.39 is 34.7 Å². The molecule has 118 valence electrons. The highest BCUT2D eigenvalue weighted by atomic mass is 19.1. The van der Waals surface area contributed by atoms with Crippen molar-refractivity contribution >= 4 is 17.1 Å². The van der Waals surface area contributed by atoms with Gasteiger partial charge in [0.25, 0.3) is 5.91 Å². The number of nitrogens with two attached hydrogens (primary N) is 1. The summed E-state index contributed by atoms with van der Waals surface area (Å²) in [6.07, 6.45) is 2.14. The molecule has 0 fully saturated rings. The molecule has 3 rings (SSSR count). The molecule has 1 aromatic carbocycles. The van der Waals surface area contributed by atoms with E-state index >= 15 is 0 Å². The number of halogens is 3. The van der Waals surface area contributed by atoms with Gasteiger partial charge in [-0.1, -0.05) is 0 Å². The number of benzene rings is 1. The fraction of sp³-hybridized carbons (Fsp3) is 0.0714. The van der Waals surface area contributed by atoms with Crippen LogP contribution < -0.4 is 11.1 Å². The largest absolute Gasteiger partial charge is 0.396 e. The predicted octanol–water partition coefficient (Wildman–Crippen LogP) is 1.76. The van der Waals surface area contributed by atoms with Gasteiger partial charge in [0.1, 0.15) is 17.8 Å². The second-order valence-corrected chi connectivity index (χ2v) is 4.65. The lowest BCUT2D eigenvalue weighted by molar-refractivity contribution is 0.0960. The van der Waals surface area contributed by atoms with Gasteiger partial charge < -0.3 is 11.1 Å². The van der Waals surface area contributed by atoms with Gasteiger partial charge in [0, 0.05) is 7.05 Å². The Balaban J connectivity index is 2.28. The molecule has 0 saturated carbocycles. The Kier molecular flexibility index (Phi) is 3.40. The molecule has 3 N–H and O–H groups in total. The van der Waals surface area contributed by atoms with Crippen molar-refractivity contribution in [3.63, 3.8) is 0 Å². The van der Waals surface area contributed by atoms with E-state index in [-0.39, 0.29) is 16.9 Å². The molecule has 0 aliphatic carbocycles. The zero-order chi connectivity index (χ0) is 16.7. The van der Waals surface area contributed by atoms with E-state index in [2.05, 4.69) is 15.3 Å². The molecule has 0 aliphatic heterocycles. The third-order valence-electron chi connectivity index (χ3n) is 3.33. The van der Waals surface area contributed by atoms with E-state index in [1.54, 1.807) is 0 Å². The van der Waals surface area contributed by atoms with Crippen LogP contribution in [-0.4, -0.2) is 27.3 Å². The second kappa shape index (κ2) is 5.27. The van der Waals surface area contributed by atoms with Gasteiger partial charge in [0.05, 0.1) is 23.0 Å². The summed E-state index contributed by atoms with van der Waals surface area (Å²) >= 11 is 0. The van der Waals surface area contributed by atoms with Crippen LogP contribution in [0.4, 0.5) is 18.9 Å². The Bertz CT molecular complexity index is 938. The SMILES string of the molecule is CNC(=O)c1ncn2c(F)c(-c3c(F)ccc(N)c3F)ncc12. The van der Waals surface area contributed by atoms with Crippen LogP contribution in [0.3, 0.4) is 0 Å². The first-order valence-corrected chi connectivity index (χ1v) is 6.43. The van der Waals surface area contributed by atoms with E-state index in [0.717, 1.165) is 29.1 Å². The number of imidazole rings is 1. The third kappa shape index (κ3) is 2.17. The zero-order valence-corrected chi connectivity index (χ0v) is 11.8. The topological polar surface area (TPSA) is 85.3 Å². The maximum Gasteiger partial charge on any atom is 0.271 e. The van der Waals surface area contributed by atoms with Crippen LogP contribution in [0.2, 0.25) is 0 Å². The maximum atomic E-state index is 14.6. The van der Waals surface area contributed by atoms with Crippen LogP contribution in [0, 0.1) is 17.6 Å². The summed E-state index contributed by atoms with van der Waals surface area (Å²) < 4.78 is 43.4. The smallest absolute Gasteiger partial charge is 0.271 e. The fourth-order valence-electron chi connectivity index (χ4n) is 2.18. The first kappa shape index (κ1) is 14.8. The highest BCUT2D eigenvalue weighted by molar-refractivity contribution is 5.98. The van der Waals surface area contributed by atoms with Crippen molar-refractivity contribution in [3.8, 4) is 11.3 Å². The fourth-order valence-corrected chi connectivity index (χ4v) is 2.18. The van der Waals surface area contributed by atoms with Crippen molar-refractivity contribution in [1.29, 1.82) is 0 Å². The molecule has 2 aromatic heterocycles. The number of anilines is 1. The number of nitrogen functional groups attached to an aromatic ring is 1. The van der Waals surface area contributed by atoms with E-state index in [1.807, 2.05) is 0 Å². The number of nitrogens with one attached hydrogen (secondary N) is 1. The average Bonchev–Trinajstić information content (AvgIpc) is 2.97. The van der Waals surface area contributed by atoms with Crippen molar-refractivity contribution in [2.24, 2.45) is 0 Å². The Morgan fingerprint density at radius 2 is 2.00 bits per heavy atom. The molecule has 0 bridgehead atoms. The summed E-state index contributed by atoms with van der Waals surface area (Å²) in [7, 11) is 1.39. The number of carbonyl (C=O) groups is 1. The molecule has 0 unspecified atom stereocenters. The van der Waals surface area contributed by atoms with E-state index in [9.17, 15) is 18.0 Å². The Morgan fingerprint density at radius 1 is 1.26 bits per heavy atom. The van der Waals surface area contributed by atoms with Crippen molar-refractivity contribution in [3.05, 3.63) is 47.9 Å². The van der Waals surface area contributed by atoms with E-state index in [1.165, 1.54) is 7.05 Å². The van der Waals surface area contributed by atoms with Crippen LogP contribution in [0.15, 0.2) is 24.7 Å². The number of hydrogen-bond acceptors (Lipinski definition) is 4. The zero-order valence-electron chi connectivity index (χ0n) is 11.8. The summed E-state index contributed by atoms with van der Waals surface area (Å²) in [5.74, 6) is -3.72. The van der Waals surface area contributed by atoms with Crippen molar-refractivity contribution in [1.82, 2.24) is 19.7 Å². The summed E-state index contributed by atoms with van der Waals surface area (Å²) in [6.45, 7) is 0. The lowest BCUT2D eigenvalue weighted by atomic mass is 10.1. The quantitative estimate of drug-likeness (QED) is 0.704. The van der Waals surface area contributed by atoms with Gasteiger partial charge in [-0.25, -0.2) is 18.7 Å². The molecular weight excluding hydrogens is 311 g/mol. The van der Waals surface area contributed by atoms with Gasteiger partial charge in [-0.15, -0.1) is 0 Å². The molecule has 0 spiro atoms. The Hall–Kier alpha value is -3.10. The molecule has 2 heterocycles. The number of fused-ring (bicyclic) bond motifs is 1. The highest BCUT2D eigenvalue weighted by Gasteiger charge is 2.23. The first-order valence-electron chi connectivity index (χ1n) is 6.43. The number of hydrogen-bond donors (Lipinski definition) is 2. The van der Waals surface area contributed by atoms with Crippen molar-refractivity contribution < 1.29 is 18.0 Å². The number of nitrogens with zero attached hydrogens (tertiary/aromatic N) is 3. The second-order valence-electron chi connectivity index (χ2n) is 4.65. The average molecular weight is 321 g/mol. The van der Waals surface area contributed by atoms with Gasteiger partial charge in [-0.05, 0) is 12.1 Å². The third-order valence-corrected chi connectivity index (χ3v) is 3.33. The van der Waals surface area contributed by atoms with Crippen LogP contribution >= 0.6 is 0 Å². The molecule has 1 amide bonds. The minimum absolute atomic E-state index is 0.0565. The van der Waals surface area contributed by atoms with Crippen LogP contribution in [0.1, 0.15) is 10.5 Å². The molecule has 9 heteroatoms. The number of amides is 1. The molecule has 3 aromatic rings. The maximum absolute atomic E-state index is 14.6. The Morgan fingerprint density at radius 3 is 2.70 bits per heavy atom. The minimum Gasteiger partial charge on any atom is -0.396 e. The van der Waals surface area contributed by atoms with Gasteiger partial charge in [0.15, 0.2) is 11.5 Å². The molecule has 23 heavy (non-hydrogen) atoms. The molecule has 0 atom stereocenters. The van der Waals surface area contributed by atoms with Crippen LogP contribution in [0.5, 0.6) is 0 Å². The summed E-state index contributed by atoms with van der Waals surface area (Å²) in [5, 5.41) is 2.35. The molecule has 0 saturated heterocycles. The first-order chi connectivity index (χ1) is 11.0. The molecule has 6 nitrogen and oxygen atoms in total.